The van der Waals surface area contributed by atoms with E-state index >= 15 is 0 Å². The molecule has 4 aromatic rings. The molecule has 0 aliphatic rings. The van der Waals surface area contributed by atoms with Crippen molar-refractivity contribution in [3.05, 3.63) is 70.5 Å². The highest BCUT2D eigenvalue weighted by Crippen LogP contribution is 2.21. The Kier molecular flexibility index (Phi) is 5.70. The maximum absolute atomic E-state index is 13.1. The molecule has 0 fully saturated rings. The van der Waals surface area contributed by atoms with Gasteiger partial charge >= 0.3 is 0 Å². The standard InChI is InChI=1S/C23H26N4O3/c1-3-17(22(28)24-13-8-11-16-9-6-5-7-10-16)27-23(29)19-15-20-18(12-14-30-20)26(19)21(4-2)25-27/h5-7,9-10,12,14-15,17H,3-4,8,11,13H2,1-2H3,(H,24,28)/t17-/m0/s1. The van der Waals surface area contributed by atoms with Crippen LogP contribution in [0.5, 0.6) is 0 Å². The first kappa shape index (κ1) is 19.9. The number of aryl methyl sites for hydroxylation is 2. The average Bonchev–Trinajstić information content (AvgIpc) is 3.36. The highest BCUT2D eigenvalue weighted by Gasteiger charge is 2.24. The molecule has 1 aromatic carbocycles. The molecule has 7 nitrogen and oxygen atoms in total. The third-order valence-electron chi connectivity index (χ3n) is 5.42. The number of rotatable bonds is 8. The lowest BCUT2D eigenvalue weighted by molar-refractivity contribution is -0.124. The van der Waals surface area contributed by atoms with E-state index in [-0.39, 0.29) is 11.5 Å². The smallest absolute Gasteiger partial charge is 0.291 e. The van der Waals surface area contributed by atoms with Crippen molar-refractivity contribution in [2.24, 2.45) is 0 Å². The molecule has 156 valence electrons. The van der Waals surface area contributed by atoms with Gasteiger partial charge in [-0.05, 0) is 24.8 Å². The zero-order valence-electron chi connectivity index (χ0n) is 17.3. The molecular formula is C23H26N4O3. The zero-order chi connectivity index (χ0) is 21.1. The molecule has 30 heavy (non-hydrogen) atoms. The Morgan fingerprint density at radius 2 is 1.97 bits per heavy atom. The monoisotopic (exact) mass is 406 g/mol. The summed E-state index contributed by atoms with van der Waals surface area (Å²) in [5, 5.41) is 7.53. The lowest BCUT2D eigenvalue weighted by Gasteiger charge is -2.18. The van der Waals surface area contributed by atoms with E-state index in [1.165, 1.54) is 10.2 Å². The van der Waals surface area contributed by atoms with Gasteiger partial charge in [0.1, 0.15) is 17.4 Å². The second kappa shape index (κ2) is 8.57. The number of fused-ring (bicyclic) bond motifs is 3. The summed E-state index contributed by atoms with van der Waals surface area (Å²) in [7, 11) is 0. The SMILES string of the molecule is CCc1nn([C@@H](CC)C(=O)NCCCc2ccccc2)c(=O)c2cc3occc3n12. The number of benzene rings is 1. The first-order valence-electron chi connectivity index (χ1n) is 10.5. The first-order valence-corrected chi connectivity index (χ1v) is 10.5. The Balaban J connectivity index is 1.55. The number of nitrogens with zero attached hydrogens (tertiary/aromatic N) is 3. The molecule has 1 atom stereocenters. The quantitative estimate of drug-likeness (QED) is 0.454. The lowest BCUT2D eigenvalue weighted by Crippen LogP contribution is -2.40. The number of amides is 1. The highest BCUT2D eigenvalue weighted by atomic mass is 16.3. The molecule has 0 aliphatic carbocycles. The summed E-state index contributed by atoms with van der Waals surface area (Å²) in [6.45, 7) is 4.43. The summed E-state index contributed by atoms with van der Waals surface area (Å²) in [5.41, 5.74) is 2.89. The van der Waals surface area contributed by atoms with Crippen LogP contribution in [0.15, 0.2) is 57.9 Å². The van der Waals surface area contributed by atoms with Gasteiger partial charge in [-0.1, -0.05) is 44.2 Å². The number of nitrogens with one attached hydrogen (secondary N) is 1. The summed E-state index contributed by atoms with van der Waals surface area (Å²) in [5.74, 6) is 0.540. The van der Waals surface area contributed by atoms with Gasteiger partial charge in [-0.2, -0.15) is 5.10 Å². The van der Waals surface area contributed by atoms with Crippen molar-refractivity contribution in [1.29, 1.82) is 0 Å². The molecule has 7 heteroatoms. The molecule has 3 heterocycles. The van der Waals surface area contributed by atoms with Crippen molar-refractivity contribution in [2.45, 2.75) is 45.6 Å². The molecule has 0 unspecified atom stereocenters. The van der Waals surface area contributed by atoms with Gasteiger partial charge in [0.15, 0.2) is 5.58 Å². The molecular weight excluding hydrogens is 380 g/mol. The normalized spacial score (nSPS) is 12.5. The van der Waals surface area contributed by atoms with Gasteiger partial charge in [-0.25, -0.2) is 4.68 Å². The fourth-order valence-corrected chi connectivity index (χ4v) is 3.87. The number of carbonyl (C=O) groups is 1. The Bertz CT molecular complexity index is 1220. The van der Waals surface area contributed by atoms with Gasteiger partial charge < -0.3 is 9.73 Å². The van der Waals surface area contributed by atoms with E-state index in [1.807, 2.05) is 42.5 Å². The van der Waals surface area contributed by atoms with Crippen molar-refractivity contribution in [2.75, 3.05) is 6.54 Å². The molecule has 3 aromatic heterocycles. The van der Waals surface area contributed by atoms with E-state index in [1.54, 1.807) is 12.3 Å². The number of hydrogen-bond donors (Lipinski definition) is 1. The van der Waals surface area contributed by atoms with Gasteiger partial charge in [0, 0.05) is 25.1 Å². The Morgan fingerprint density at radius 3 is 2.70 bits per heavy atom. The summed E-state index contributed by atoms with van der Waals surface area (Å²) < 4.78 is 8.61. The Labute approximate surface area is 174 Å². The van der Waals surface area contributed by atoms with E-state index in [2.05, 4.69) is 22.5 Å². The Hall–Kier alpha value is -3.35. The van der Waals surface area contributed by atoms with E-state index in [0.29, 0.717) is 30.5 Å². The second-order valence-electron chi connectivity index (χ2n) is 7.36. The van der Waals surface area contributed by atoms with Crippen molar-refractivity contribution < 1.29 is 9.21 Å². The van der Waals surface area contributed by atoms with Crippen LogP contribution in [-0.4, -0.2) is 26.6 Å². The molecule has 0 spiro atoms. The highest BCUT2D eigenvalue weighted by molar-refractivity contribution is 5.83. The molecule has 0 aliphatic heterocycles. The third kappa shape index (κ3) is 3.63. The molecule has 1 N–H and O–H groups in total. The number of carbonyl (C=O) groups excluding carboxylic acids is 1. The van der Waals surface area contributed by atoms with Gasteiger partial charge in [0.25, 0.3) is 5.56 Å². The maximum Gasteiger partial charge on any atom is 0.291 e. The van der Waals surface area contributed by atoms with Crippen molar-refractivity contribution in [3.63, 3.8) is 0 Å². The molecule has 0 saturated heterocycles. The van der Waals surface area contributed by atoms with E-state index in [4.69, 9.17) is 4.42 Å². The summed E-state index contributed by atoms with van der Waals surface area (Å²) >= 11 is 0. The van der Waals surface area contributed by atoms with Gasteiger partial charge in [-0.3, -0.25) is 14.0 Å². The fraction of sp³-hybridized carbons (Fsp3) is 0.348. The van der Waals surface area contributed by atoms with Crippen LogP contribution < -0.4 is 10.9 Å². The number of hydrogen-bond acceptors (Lipinski definition) is 4. The van der Waals surface area contributed by atoms with E-state index < -0.39 is 6.04 Å². The summed E-state index contributed by atoms with van der Waals surface area (Å²) in [6.07, 6.45) is 4.43. The van der Waals surface area contributed by atoms with Crippen LogP contribution in [0.2, 0.25) is 0 Å². The summed E-state index contributed by atoms with van der Waals surface area (Å²) in [6, 6.07) is 13.1. The van der Waals surface area contributed by atoms with Crippen LogP contribution in [0.1, 0.15) is 44.1 Å². The van der Waals surface area contributed by atoms with Gasteiger partial charge in [0.2, 0.25) is 5.91 Å². The van der Waals surface area contributed by atoms with Gasteiger partial charge in [-0.15, -0.1) is 0 Å². The first-order chi connectivity index (χ1) is 14.6. The van der Waals surface area contributed by atoms with Crippen LogP contribution in [-0.2, 0) is 17.6 Å². The van der Waals surface area contributed by atoms with Crippen LogP contribution in [0, 0.1) is 0 Å². The van der Waals surface area contributed by atoms with Crippen LogP contribution >= 0.6 is 0 Å². The Morgan fingerprint density at radius 1 is 1.17 bits per heavy atom. The largest absolute Gasteiger partial charge is 0.463 e. The number of furan rings is 1. The maximum atomic E-state index is 13.1. The minimum Gasteiger partial charge on any atom is -0.463 e. The minimum absolute atomic E-state index is 0.179. The van der Waals surface area contributed by atoms with Crippen molar-refractivity contribution >= 4 is 22.5 Å². The second-order valence-corrected chi connectivity index (χ2v) is 7.36. The van der Waals surface area contributed by atoms with E-state index in [9.17, 15) is 9.59 Å². The van der Waals surface area contributed by atoms with Crippen LogP contribution in [0.4, 0.5) is 0 Å². The number of aromatic nitrogens is 3. The molecule has 0 saturated carbocycles. The van der Waals surface area contributed by atoms with Crippen molar-refractivity contribution in [3.8, 4) is 0 Å². The minimum atomic E-state index is -0.647. The van der Waals surface area contributed by atoms with Crippen LogP contribution in [0.3, 0.4) is 0 Å². The molecule has 1 amide bonds. The summed E-state index contributed by atoms with van der Waals surface area (Å²) in [4.78, 5) is 26.0. The molecule has 4 rings (SSSR count). The lowest BCUT2D eigenvalue weighted by atomic mass is 10.1. The molecule has 0 bridgehead atoms. The predicted molar refractivity (Wildman–Crippen MR) is 116 cm³/mol. The topological polar surface area (TPSA) is 81.5 Å². The zero-order valence-corrected chi connectivity index (χ0v) is 17.3. The predicted octanol–water partition coefficient (Wildman–Crippen LogP) is 3.50. The fourth-order valence-electron chi connectivity index (χ4n) is 3.87. The molecule has 0 radical (unpaired) electrons. The van der Waals surface area contributed by atoms with Gasteiger partial charge in [0.05, 0.1) is 11.8 Å². The third-order valence-corrected chi connectivity index (χ3v) is 5.42. The van der Waals surface area contributed by atoms with E-state index in [0.717, 1.165) is 24.2 Å². The van der Waals surface area contributed by atoms with Crippen LogP contribution in [0.25, 0.3) is 16.6 Å². The average molecular weight is 406 g/mol. The van der Waals surface area contributed by atoms with Crippen molar-refractivity contribution in [1.82, 2.24) is 19.5 Å².